The summed E-state index contributed by atoms with van der Waals surface area (Å²) in [6, 6.07) is -0.222. The van der Waals surface area contributed by atoms with Crippen LogP contribution in [0.25, 0.3) is 0 Å². The number of hydrogen-bond donors (Lipinski definition) is 2. The van der Waals surface area contributed by atoms with Gasteiger partial charge in [-0.15, -0.1) is 0 Å². The number of aromatic nitrogens is 2. The summed E-state index contributed by atoms with van der Waals surface area (Å²) in [4.78, 5) is 8.24. The van der Waals surface area contributed by atoms with Crippen molar-refractivity contribution in [1.82, 2.24) is 9.97 Å². The Hall–Kier alpha value is -0.890. The molecule has 108 valence electrons. The van der Waals surface area contributed by atoms with Gasteiger partial charge in [0.05, 0.1) is 5.75 Å². The average Bonchev–Trinajstić information content (AvgIpc) is 2.28. The SMILES string of the molecule is CCCNc1ncnc(NC(C)CS(C)(=O)=O)c1Br. The average molecular weight is 351 g/mol. The van der Waals surface area contributed by atoms with E-state index in [1.807, 2.05) is 0 Å². The zero-order chi connectivity index (χ0) is 14.5. The lowest BCUT2D eigenvalue weighted by Gasteiger charge is -2.16. The van der Waals surface area contributed by atoms with E-state index in [1.165, 1.54) is 12.6 Å². The second kappa shape index (κ2) is 7.04. The lowest BCUT2D eigenvalue weighted by atomic mass is 10.4. The summed E-state index contributed by atoms with van der Waals surface area (Å²) in [7, 11) is -3.02. The molecule has 1 aromatic heterocycles. The molecular weight excluding hydrogens is 332 g/mol. The molecule has 1 heterocycles. The molecule has 1 rings (SSSR count). The van der Waals surface area contributed by atoms with Crippen molar-refractivity contribution in [3.05, 3.63) is 10.8 Å². The second-order valence-corrected chi connectivity index (χ2v) is 7.43. The predicted molar refractivity (Wildman–Crippen MR) is 81.3 cm³/mol. The van der Waals surface area contributed by atoms with E-state index < -0.39 is 9.84 Å². The number of anilines is 2. The molecule has 1 atom stereocenters. The summed E-state index contributed by atoms with van der Waals surface area (Å²) < 4.78 is 23.2. The third-order valence-corrected chi connectivity index (χ3v) is 4.12. The molecule has 8 heteroatoms. The van der Waals surface area contributed by atoms with Gasteiger partial charge in [0, 0.05) is 18.8 Å². The Morgan fingerprint density at radius 1 is 1.37 bits per heavy atom. The number of rotatable bonds is 7. The maximum Gasteiger partial charge on any atom is 0.149 e. The van der Waals surface area contributed by atoms with Crippen LogP contribution in [0.4, 0.5) is 11.6 Å². The van der Waals surface area contributed by atoms with Crippen LogP contribution in [0.1, 0.15) is 20.3 Å². The van der Waals surface area contributed by atoms with Crippen molar-refractivity contribution >= 4 is 37.4 Å². The van der Waals surface area contributed by atoms with Gasteiger partial charge >= 0.3 is 0 Å². The van der Waals surface area contributed by atoms with Gasteiger partial charge in [-0.25, -0.2) is 18.4 Å². The first-order valence-electron chi connectivity index (χ1n) is 6.02. The highest BCUT2D eigenvalue weighted by Gasteiger charge is 2.14. The Bertz CT molecular complexity index is 521. The first kappa shape index (κ1) is 16.2. The highest BCUT2D eigenvalue weighted by Crippen LogP contribution is 2.26. The van der Waals surface area contributed by atoms with Crippen LogP contribution in [0, 0.1) is 0 Å². The zero-order valence-electron chi connectivity index (χ0n) is 11.3. The monoisotopic (exact) mass is 350 g/mol. The van der Waals surface area contributed by atoms with Crippen molar-refractivity contribution in [2.75, 3.05) is 29.2 Å². The normalized spacial score (nSPS) is 13.1. The van der Waals surface area contributed by atoms with E-state index in [-0.39, 0.29) is 11.8 Å². The molecule has 0 radical (unpaired) electrons. The fourth-order valence-electron chi connectivity index (χ4n) is 1.57. The van der Waals surface area contributed by atoms with E-state index in [4.69, 9.17) is 0 Å². The molecule has 0 aliphatic carbocycles. The molecule has 6 nitrogen and oxygen atoms in total. The van der Waals surface area contributed by atoms with Crippen LogP contribution in [0.5, 0.6) is 0 Å². The first-order valence-corrected chi connectivity index (χ1v) is 8.87. The van der Waals surface area contributed by atoms with Crippen LogP contribution < -0.4 is 10.6 Å². The molecule has 0 amide bonds. The molecule has 0 saturated carbocycles. The molecule has 2 N–H and O–H groups in total. The largest absolute Gasteiger partial charge is 0.369 e. The van der Waals surface area contributed by atoms with Crippen molar-refractivity contribution in [2.24, 2.45) is 0 Å². The van der Waals surface area contributed by atoms with Crippen LogP contribution in [0.15, 0.2) is 10.8 Å². The van der Waals surface area contributed by atoms with Gasteiger partial charge < -0.3 is 10.6 Å². The Morgan fingerprint density at radius 2 is 2.00 bits per heavy atom. The van der Waals surface area contributed by atoms with Crippen LogP contribution in [0.2, 0.25) is 0 Å². The summed E-state index contributed by atoms with van der Waals surface area (Å²) >= 11 is 3.42. The van der Waals surface area contributed by atoms with Crippen LogP contribution >= 0.6 is 15.9 Å². The van der Waals surface area contributed by atoms with Crippen molar-refractivity contribution in [2.45, 2.75) is 26.3 Å². The Morgan fingerprint density at radius 3 is 2.58 bits per heavy atom. The van der Waals surface area contributed by atoms with E-state index in [0.717, 1.165) is 13.0 Å². The molecule has 1 unspecified atom stereocenters. The van der Waals surface area contributed by atoms with E-state index in [2.05, 4.69) is 43.5 Å². The highest BCUT2D eigenvalue weighted by molar-refractivity contribution is 9.10. The fraction of sp³-hybridized carbons (Fsp3) is 0.636. The number of nitrogens with one attached hydrogen (secondary N) is 2. The standard InChI is InChI=1S/C11H19BrN4O2S/c1-4-5-13-10-9(12)11(15-7-14-10)16-8(2)6-19(3,17)18/h7-8H,4-6H2,1-3H3,(H2,13,14,15,16). The Balaban J connectivity index is 2.78. The van der Waals surface area contributed by atoms with Crippen LogP contribution in [0.3, 0.4) is 0 Å². The molecule has 0 bridgehead atoms. The molecule has 19 heavy (non-hydrogen) atoms. The molecule has 0 fully saturated rings. The second-order valence-electron chi connectivity index (χ2n) is 4.45. The van der Waals surface area contributed by atoms with Crippen LogP contribution in [-0.4, -0.2) is 43.0 Å². The van der Waals surface area contributed by atoms with Crippen molar-refractivity contribution in [3.8, 4) is 0 Å². The third-order valence-electron chi connectivity index (χ3n) is 2.27. The van der Waals surface area contributed by atoms with Crippen molar-refractivity contribution in [1.29, 1.82) is 0 Å². The third kappa shape index (κ3) is 5.73. The molecule has 0 saturated heterocycles. The van der Waals surface area contributed by atoms with Gasteiger partial charge in [0.25, 0.3) is 0 Å². The molecule has 0 spiro atoms. The van der Waals surface area contributed by atoms with Gasteiger partial charge in [0.1, 0.15) is 32.3 Å². The summed E-state index contributed by atoms with van der Waals surface area (Å²) in [5, 5.41) is 6.23. The highest BCUT2D eigenvalue weighted by atomic mass is 79.9. The number of sulfone groups is 1. The Kier molecular flexibility index (Phi) is 5.99. The summed E-state index contributed by atoms with van der Waals surface area (Å²) in [6.07, 6.45) is 3.65. The number of nitrogens with zero attached hydrogens (tertiary/aromatic N) is 2. The van der Waals surface area contributed by atoms with Gasteiger partial charge in [0.2, 0.25) is 0 Å². The van der Waals surface area contributed by atoms with E-state index in [0.29, 0.717) is 16.1 Å². The van der Waals surface area contributed by atoms with Gasteiger partial charge in [0.15, 0.2) is 0 Å². The molecule has 0 aromatic carbocycles. The minimum Gasteiger partial charge on any atom is -0.369 e. The lowest BCUT2D eigenvalue weighted by Crippen LogP contribution is -2.25. The van der Waals surface area contributed by atoms with Gasteiger partial charge in [-0.1, -0.05) is 6.92 Å². The molecule has 1 aromatic rings. The zero-order valence-corrected chi connectivity index (χ0v) is 13.7. The minimum absolute atomic E-state index is 0.0567. The number of hydrogen-bond acceptors (Lipinski definition) is 6. The smallest absolute Gasteiger partial charge is 0.149 e. The van der Waals surface area contributed by atoms with Gasteiger partial charge in [-0.3, -0.25) is 0 Å². The minimum atomic E-state index is -3.02. The quantitative estimate of drug-likeness (QED) is 0.781. The Labute approximate surface area is 122 Å². The summed E-state index contributed by atoms with van der Waals surface area (Å²) in [5.41, 5.74) is 0. The molecular formula is C11H19BrN4O2S. The summed E-state index contributed by atoms with van der Waals surface area (Å²) in [5.74, 6) is 1.34. The topological polar surface area (TPSA) is 84.0 Å². The van der Waals surface area contributed by atoms with Crippen LogP contribution in [-0.2, 0) is 9.84 Å². The molecule has 0 aliphatic rings. The lowest BCUT2D eigenvalue weighted by molar-refractivity contribution is 0.598. The maximum atomic E-state index is 11.2. The fourth-order valence-corrected chi connectivity index (χ4v) is 3.02. The van der Waals surface area contributed by atoms with Gasteiger partial charge in [-0.2, -0.15) is 0 Å². The van der Waals surface area contributed by atoms with Gasteiger partial charge in [-0.05, 0) is 29.3 Å². The van der Waals surface area contributed by atoms with E-state index in [9.17, 15) is 8.42 Å². The van der Waals surface area contributed by atoms with Crippen molar-refractivity contribution < 1.29 is 8.42 Å². The summed E-state index contributed by atoms with van der Waals surface area (Å²) in [6.45, 7) is 4.68. The maximum absolute atomic E-state index is 11.2. The molecule has 0 aliphatic heterocycles. The van der Waals surface area contributed by atoms with Crippen molar-refractivity contribution in [3.63, 3.8) is 0 Å². The first-order chi connectivity index (χ1) is 8.83. The predicted octanol–water partition coefficient (Wildman–Crippen LogP) is 1.91. The number of halogens is 1. The van der Waals surface area contributed by atoms with E-state index >= 15 is 0 Å². The van der Waals surface area contributed by atoms with E-state index in [1.54, 1.807) is 6.92 Å².